The van der Waals surface area contributed by atoms with Crippen molar-refractivity contribution in [2.45, 2.75) is 13.0 Å². The third-order valence-corrected chi connectivity index (χ3v) is 3.16. The molecular weight excluding hydrogens is 320 g/mol. The second-order valence-electron chi connectivity index (χ2n) is 4.89. The average Bonchev–Trinajstić information content (AvgIpc) is 2.56. The smallest absolute Gasteiger partial charge is 0.341 e. The highest BCUT2D eigenvalue weighted by Gasteiger charge is 2.21. The molecule has 126 valence electrons. The van der Waals surface area contributed by atoms with E-state index in [-0.39, 0.29) is 11.3 Å². The maximum atomic E-state index is 13.8. The van der Waals surface area contributed by atoms with Gasteiger partial charge in [0.15, 0.2) is 6.10 Å². The van der Waals surface area contributed by atoms with Crippen molar-refractivity contribution in [3.8, 4) is 5.75 Å². The van der Waals surface area contributed by atoms with E-state index in [2.05, 4.69) is 5.32 Å². The molecule has 0 aromatic heterocycles. The maximum absolute atomic E-state index is 13.8. The zero-order valence-electron chi connectivity index (χ0n) is 13.0. The van der Waals surface area contributed by atoms with E-state index in [1.54, 1.807) is 0 Å². The monoisotopic (exact) mass is 335 g/mol. The second kappa shape index (κ2) is 7.54. The fourth-order valence-electron chi connectivity index (χ4n) is 1.84. The van der Waals surface area contributed by atoms with Crippen LogP contribution in [-0.2, 0) is 9.53 Å². The first-order valence-electron chi connectivity index (χ1n) is 7.01. The van der Waals surface area contributed by atoms with E-state index >= 15 is 0 Å². The van der Waals surface area contributed by atoms with Gasteiger partial charge in [-0.05, 0) is 43.3 Å². The number of halogens is 2. The molecule has 7 heteroatoms. The van der Waals surface area contributed by atoms with Gasteiger partial charge >= 0.3 is 5.97 Å². The number of benzene rings is 2. The molecule has 1 atom stereocenters. The van der Waals surface area contributed by atoms with Crippen LogP contribution in [0.1, 0.15) is 17.3 Å². The van der Waals surface area contributed by atoms with Crippen molar-refractivity contribution in [3.05, 3.63) is 59.7 Å². The summed E-state index contributed by atoms with van der Waals surface area (Å²) in [5, 5.41) is 2.46. The lowest BCUT2D eigenvalue weighted by molar-refractivity contribution is -0.123. The van der Waals surface area contributed by atoms with Crippen LogP contribution in [0, 0.1) is 11.6 Å². The van der Waals surface area contributed by atoms with Crippen LogP contribution < -0.4 is 10.1 Å². The molecule has 1 amide bonds. The minimum Gasteiger partial charge on any atom is -0.497 e. The predicted molar refractivity (Wildman–Crippen MR) is 82.9 cm³/mol. The lowest BCUT2D eigenvalue weighted by atomic mass is 10.2. The fraction of sp³-hybridized carbons (Fsp3) is 0.176. The summed E-state index contributed by atoms with van der Waals surface area (Å²) in [6.07, 6.45) is -1.16. The Balaban J connectivity index is 2.00. The Morgan fingerprint density at radius 1 is 1.08 bits per heavy atom. The zero-order valence-corrected chi connectivity index (χ0v) is 13.0. The van der Waals surface area contributed by atoms with E-state index in [4.69, 9.17) is 9.47 Å². The highest BCUT2D eigenvalue weighted by molar-refractivity contribution is 5.97. The quantitative estimate of drug-likeness (QED) is 0.853. The van der Waals surface area contributed by atoms with Crippen LogP contribution in [0.25, 0.3) is 0 Å². The molecule has 1 N–H and O–H groups in total. The number of amides is 1. The molecule has 0 fully saturated rings. The maximum Gasteiger partial charge on any atom is 0.341 e. The van der Waals surface area contributed by atoms with Gasteiger partial charge in [-0.1, -0.05) is 0 Å². The lowest BCUT2D eigenvalue weighted by Crippen LogP contribution is -2.30. The Morgan fingerprint density at radius 2 is 1.75 bits per heavy atom. The number of carbonyl (C=O) groups excluding carboxylic acids is 2. The van der Waals surface area contributed by atoms with Crippen molar-refractivity contribution in [3.63, 3.8) is 0 Å². The Morgan fingerprint density at radius 3 is 2.33 bits per heavy atom. The van der Waals surface area contributed by atoms with Crippen LogP contribution in [0.15, 0.2) is 42.5 Å². The normalized spacial score (nSPS) is 11.5. The largest absolute Gasteiger partial charge is 0.497 e. The summed E-state index contributed by atoms with van der Waals surface area (Å²) in [5.41, 5.74) is 0.0390. The topological polar surface area (TPSA) is 64.6 Å². The Labute approximate surface area is 137 Å². The highest BCUT2D eigenvalue weighted by Crippen LogP contribution is 2.18. The predicted octanol–water partition coefficient (Wildman–Crippen LogP) is 3.16. The molecule has 0 spiro atoms. The van der Waals surface area contributed by atoms with Crippen molar-refractivity contribution in [1.29, 1.82) is 0 Å². The summed E-state index contributed by atoms with van der Waals surface area (Å²) in [6, 6.07) is 8.75. The minimum atomic E-state index is -1.16. The van der Waals surface area contributed by atoms with Crippen LogP contribution in [0.3, 0.4) is 0 Å². The van der Waals surface area contributed by atoms with Crippen molar-refractivity contribution < 1.29 is 27.8 Å². The third kappa shape index (κ3) is 4.28. The molecule has 2 aromatic rings. The van der Waals surface area contributed by atoms with Gasteiger partial charge in [-0.25, -0.2) is 13.6 Å². The molecule has 0 saturated carbocycles. The van der Waals surface area contributed by atoms with Gasteiger partial charge in [-0.3, -0.25) is 4.79 Å². The number of nitrogens with one attached hydrogen (secondary N) is 1. The van der Waals surface area contributed by atoms with E-state index in [1.165, 1.54) is 50.4 Å². The van der Waals surface area contributed by atoms with Gasteiger partial charge in [0.2, 0.25) is 0 Å². The number of methoxy groups -OCH3 is 1. The summed E-state index contributed by atoms with van der Waals surface area (Å²) >= 11 is 0. The summed E-state index contributed by atoms with van der Waals surface area (Å²) in [5.74, 6) is -2.60. The Hall–Kier alpha value is -2.96. The van der Waals surface area contributed by atoms with Gasteiger partial charge in [0.05, 0.1) is 12.7 Å². The van der Waals surface area contributed by atoms with E-state index in [9.17, 15) is 18.4 Å². The molecule has 0 unspecified atom stereocenters. The van der Waals surface area contributed by atoms with Crippen molar-refractivity contribution >= 4 is 17.6 Å². The first-order chi connectivity index (χ1) is 11.4. The van der Waals surface area contributed by atoms with Gasteiger partial charge in [0.1, 0.15) is 17.4 Å². The van der Waals surface area contributed by atoms with E-state index in [0.717, 1.165) is 6.07 Å². The van der Waals surface area contributed by atoms with Crippen LogP contribution >= 0.6 is 0 Å². The number of carbonyl (C=O) groups is 2. The summed E-state index contributed by atoms with van der Waals surface area (Å²) in [7, 11) is 1.37. The number of anilines is 1. The summed E-state index contributed by atoms with van der Waals surface area (Å²) < 4.78 is 36.4. The van der Waals surface area contributed by atoms with Gasteiger partial charge in [0, 0.05) is 11.8 Å². The zero-order chi connectivity index (χ0) is 17.7. The van der Waals surface area contributed by atoms with Crippen LogP contribution in [0.5, 0.6) is 5.75 Å². The summed E-state index contributed by atoms with van der Waals surface area (Å²) in [4.78, 5) is 23.9. The molecule has 2 aromatic carbocycles. The van der Waals surface area contributed by atoms with Crippen LogP contribution in [0.2, 0.25) is 0 Å². The Kier molecular flexibility index (Phi) is 5.47. The van der Waals surface area contributed by atoms with Gasteiger partial charge < -0.3 is 14.8 Å². The third-order valence-electron chi connectivity index (χ3n) is 3.16. The van der Waals surface area contributed by atoms with Gasteiger partial charge in [-0.2, -0.15) is 0 Å². The molecule has 0 radical (unpaired) electrons. The second-order valence-corrected chi connectivity index (χ2v) is 4.89. The minimum absolute atomic E-state index is 0.256. The van der Waals surface area contributed by atoms with Gasteiger partial charge in [-0.15, -0.1) is 0 Å². The molecule has 24 heavy (non-hydrogen) atoms. The molecule has 0 aliphatic rings. The average molecular weight is 335 g/mol. The van der Waals surface area contributed by atoms with Gasteiger partial charge in [0.25, 0.3) is 5.91 Å². The standard InChI is InChI=1S/C17H15F2NO4/c1-10(16(21)20-12-5-3-11(18)4-6-12)24-17(22)14-8-7-13(23-2)9-15(14)19/h3-10H,1-2H3,(H,20,21)/t10-/m0/s1. The van der Waals surface area contributed by atoms with E-state index < -0.39 is 29.6 Å². The van der Waals surface area contributed by atoms with Crippen LogP contribution in [-0.4, -0.2) is 25.1 Å². The number of ether oxygens (including phenoxy) is 2. The number of rotatable bonds is 5. The molecule has 0 saturated heterocycles. The molecule has 0 aliphatic carbocycles. The molecule has 0 heterocycles. The molecular formula is C17H15F2NO4. The summed E-state index contributed by atoms with van der Waals surface area (Å²) in [6.45, 7) is 1.35. The fourth-order valence-corrected chi connectivity index (χ4v) is 1.84. The van der Waals surface area contributed by atoms with E-state index in [0.29, 0.717) is 5.69 Å². The highest BCUT2D eigenvalue weighted by atomic mass is 19.1. The first-order valence-corrected chi connectivity index (χ1v) is 7.01. The van der Waals surface area contributed by atoms with Crippen molar-refractivity contribution in [1.82, 2.24) is 0 Å². The molecule has 2 rings (SSSR count). The Bertz CT molecular complexity index is 747. The lowest BCUT2D eigenvalue weighted by Gasteiger charge is -2.14. The van der Waals surface area contributed by atoms with Crippen LogP contribution in [0.4, 0.5) is 14.5 Å². The van der Waals surface area contributed by atoms with Crippen molar-refractivity contribution in [2.24, 2.45) is 0 Å². The number of esters is 1. The number of hydrogen-bond acceptors (Lipinski definition) is 4. The molecule has 0 aliphatic heterocycles. The SMILES string of the molecule is COc1ccc(C(=O)O[C@@H](C)C(=O)Nc2ccc(F)cc2)c(F)c1. The van der Waals surface area contributed by atoms with E-state index in [1.807, 2.05) is 0 Å². The molecule has 0 bridgehead atoms. The molecule has 5 nitrogen and oxygen atoms in total. The number of hydrogen-bond donors (Lipinski definition) is 1. The first kappa shape index (κ1) is 17.4. The van der Waals surface area contributed by atoms with Crippen molar-refractivity contribution in [2.75, 3.05) is 12.4 Å².